The summed E-state index contributed by atoms with van der Waals surface area (Å²) in [6, 6.07) is 0. The molecular weight excluding hydrogens is 110 g/mol. The Kier molecular flexibility index (Phi) is 1.87. The van der Waals surface area contributed by atoms with E-state index >= 15 is 0 Å². The normalized spacial score (nSPS) is 42.5. The Labute approximate surface area is 42.6 Å². The Morgan fingerprint density at radius 3 is 2.67 bits per heavy atom. The number of rotatable bonds is 0. The number of hydrogen-bond donors (Lipinski definition) is 0. The van der Waals surface area contributed by atoms with Crippen LogP contribution in [0, 0.1) is 0 Å². The average Bonchev–Trinajstić information content (AvgIpc) is 1.86. The smallest absolute Gasteiger partial charge is 0.0225 e. The molecule has 1 heterocycles. The van der Waals surface area contributed by atoms with Crippen LogP contribution in [0.3, 0.4) is 0 Å². The highest BCUT2D eigenvalue weighted by molar-refractivity contribution is 8.12. The topological polar surface area (TPSA) is 0 Å². The van der Waals surface area contributed by atoms with Gasteiger partial charge in [-0.05, 0) is 18.2 Å². The van der Waals surface area contributed by atoms with E-state index in [4.69, 9.17) is 0 Å². The van der Waals surface area contributed by atoms with Crippen molar-refractivity contribution in [3.63, 3.8) is 0 Å². The van der Waals surface area contributed by atoms with Gasteiger partial charge in [0.1, 0.15) is 0 Å². The van der Waals surface area contributed by atoms with Crippen LogP contribution < -0.4 is 0 Å². The SMILES string of the molecule is CC1CCPP1. The minimum atomic E-state index is 1.09. The maximum atomic E-state index is 2.36. The van der Waals surface area contributed by atoms with Crippen LogP contribution in [0.25, 0.3) is 0 Å². The summed E-state index contributed by atoms with van der Waals surface area (Å²) in [6.45, 7) is 2.36. The lowest BCUT2D eigenvalue weighted by Crippen LogP contribution is -1.83. The van der Waals surface area contributed by atoms with E-state index < -0.39 is 0 Å². The van der Waals surface area contributed by atoms with Gasteiger partial charge in [0.05, 0.1) is 0 Å². The molecular formula is C4H10P2. The molecule has 1 rings (SSSR count). The first-order chi connectivity index (χ1) is 2.89. The van der Waals surface area contributed by atoms with Gasteiger partial charge >= 0.3 is 0 Å². The van der Waals surface area contributed by atoms with Gasteiger partial charge in [-0.15, -0.1) is 0 Å². The van der Waals surface area contributed by atoms with Crippen molar-refractivity contribution in [3.8, 4) is 0 Å². The maximum Gasteiger partial charge on any atom is -0.0225 e. The lowest BCUT2D eigenvalue weighted by atomic mass is 10.4. The zero-order chi connectivity index (χ0) is 4.41. The summed E-state index contributed by atoms with van der Waals surface area (Å²) in [5, 5.41) is 0. The first kappa shape index (κ1) is 5.01. The van der Waals surface area contributed by atoms with Gasteiger partial charge in [0.2, 0.25) is 0 Å². The predicted molar refractivity (Wildman–Crippen MR) is 35.6 cm³/mol. The molecule has 2 heteroatoms. The lowest BCUT2D eigenvalue weighted by Gasteiger charge is -1.91. The van der Waals surface area contributed by atoms with Gasteiger partial charge in [0, 0.05) is 0 Å². The Morgan fingerprint density at radius 2 is 2.50 bits per heavy atom. The second kappa shape index (κ2) is 2.24. The fourth-order valence-corrected chi connectivity index (χ4v) is 4.60. The predicted octanol–water partition coefficient (Wildman–Crippen LogP) is 2.05. The van der Waals surface area contributed by atoms with Crippen molar-refractivity contribution in [1.29, 1.82) is 0 Å². The van der Waals surface area contributed by atoms with E-state index in [1.54, 1.807) is 0 Å². The van der Waals surface area contributed by atoms with E-state index in [0.717, 1.165) is 5.66 Å². The molecule has 0 aromatic carbocycles. The van der Waals surface area contributed by atoms with Gasteiger partial charge in [-0.2, -0.15) is 0 Å². The first-order valence-corrected chi connectivity index (χ1v) is 5.66. The van der Waals surface area contributed by atoms with Crippen molar-refractivity contribution in [2.24, 2.45) is 0 Å². The molecule has 1 fully saturated rings. The molecule has 0 aromatic heterocycles. The molecule has 0 aromatic rings. The van der Waals surface area contributed by atoms with Crippen molar-refractivity contribution >= 4 is 16.5 Å². The Morgan fingerprint density at radius 1 is 1.67 bits per heavy atom. The summed E-state index contributed by atoms with van der Waals surface area (Å²) >= 11 is 0. The highest BCUT2D eigenvalue weighted by Gasteiger charge is 2.06. The van der Waals surface area contributed by atoms with Gasteiger partial charge in [-0.3, -0.25) is 0 Å². The van der Waals surface area contributed by atoms with Gasteiger partial charge in [0.25, 0.3) is 0 Å². The fraction of sp³-hybridized carbons (Fsp3) is 1.00. The molecule has 0 amide bonds. The van der Waals surface area contributed by atoms with Crippen molar-refractivity contribution in [3.05, 3.63) is 0 Å². The molecule has 1 saturated heterocycles. The molecule has 6 heavy (non-hydrogen) atoms. The van der Waals surface area contributed by atoms with E-state index in [2.05, 4.69) is 6.92 Å². The third-order valence-electron chi connectivity index (χ3n) is 1.05. The maximum absolute atomic E-state index is 2.36. The van der Waals surface area contributed by atoms with E-state index in [-0.39, 0.29) is 0 Å². The molecule has 1 aliphatic rings. The molecule has 36 valence electrons. The van der Waals surface area contributed by atoms with Crippen molar-refractivity contribution in [1.82, 2.24) is 0 Å². The standard InChI is InChI=1S/C4H10P2/c1-4-2-3-5-6-4/h4-6H,2-3H2,1H3. The van der Waals surface area contributed by atoms with E-state index in [1.165, 1.54) is 29.1 Å². The van der Waals surface area contributed by atoms with Crippen LogP contribution in [-0.4, -0.2) is 11.8 Å². The van der Waals surface area contributed by atoms with E-state index in [1.807, 2.05) is 0 Å². The van der Waals surface area contributed by atoms with Crippen molar-refractivity contribution < 1.29 is 0 Å². The van der Waals surface area contributed by atoms with E-state index in [0.29, 0.717) is 0 Å². The van der Waals surface area contributed by atoms with Gasteiger partial charge in [-0.25, -0.2) is 0 Å². The third-order valence-corrected chi connectivity index (χ3v) is 5.42. The fourth-order valence-electron chi connectivity index (χ4n) is 0.607. The molecule has 0 bridgehead atoms. The minimum absolute atomic E-state index is 1.09. The van der Waals surface area contributed by atoms with Crippen LogP contribution in [0.1, 0.15) is 13.3 Å². The molecule has 0 nitrogen and oxygen atoms in total. The number of hydrogen-bond acceptors (Lipinski definition) is 0. The molecule has 0 aliphatic carbocycles. The summed E-state index contributed by atoms with van der Waals surface area (Å²) in [6.07, 6.45) is 3.04. The van der Waals surface area contributed by atoms with Crippen LogP contribution in [0.2, 0.25) is 0 Å². The van der Waals surface area contributed by atoms with Crippen LogP contribution in [-0.2, 0) is 0 Å². The second-order valence-corrected chi connectivity index (χ2v) is 5.82. The molecule has 0 radical (unpaired) electrons. The van der Waals surface area contributed by atoms with Crippen LogP contribution >= 0.6 is 16.5 Å². The van der Waals surface area contributed by atoms with E-state index in [9.17, 15) is 0 Å². The lowest BCUT2D eigenvalue weighted by molar-refractivity contribution is 0.929. The monoisotopic (exact) mass is 120 g/mol. The Bertz CT molecular complexity index is 38.8. The molecule has 3 atom stereocenters. The zero-order valence-electron chi connectivity index (χ0n) is 3.99. The average molecular weight is 120 g/mol. The Balaban J connectivity index is 2.18. The molecule has 0 spiro atoms. The summed E-state index contributed by atoms with van der Waals surface area (Å²) in [5.74, 6) is 0. The second-order valence-electron chi connectivity index (χ2n) is 1.76. The molecule has 0 saturated carbocycles. The van der Waals surface area contributed by atoms with Crippen LogP contribution in [0.4, 0.5) is 0 Å². The van der Waals surface area contributed by atoms with Crippen LogP contribution in [0.5, 0.6) is 0 Å². The van der Waals surface area contributed by atoms with Crippen molar-refractivity contribution in [2.45, 2.75) is 19.0 Å². The Hall–Kier alpha value is 0.860. The molecule has 3 unspecified atom stereocenters. The molecule has 0 N–H and O–H groups in total. The van der Waals surface area contributed by atoms with Gasteiger partial charge in [-0.1, -0.05) is 23.5 Å². The summed E-state index contributed by atoms with van der Waals surface area (Å²) in [4.78, 5) is 0. The highest BCUT2D eigenvalue weighted by atomic mass is 32.0. The third kappa shape index (κ3) is 1.17. The van der Waals surface area contributed by atoms with Crippen LogP contribution in [0.15, 0.2) is 0 Å². The largest absolute Gasteiger partial charge is 0.0990 e. The highest BCUT2D eigenvalue weighted by Crippen LogP contribution is 2.49. The summed E-state index contributed by atoms with van der Waals surface area (Å²) in [7, 11) is 2.63. The summed E-state index contributed by atoms with van der Waals surface area (Å²) in [5.41, 5.74) is 1.09. The van der Waals surface area contributed by atoms with Crippen molar-refractivity contribution in [2.75, 3.05) is 6.16 Å². The minimum Gasteiger partial charge on any atom is -0.0990 e. The first-order valence-electron chi connectivity index (χ1n) is 2.38. The quantitative estimate of drug-likeness (QED) is 0.429. The summed E-state index contributed by atoms with van der Waals surface area (Å²) < 4.78 is 0. The van der Waals surface area contributed by atoms with Gasteiger partial charge < -0.3 is 0 Å². The molecule has 1 aliphatic heterocycles. The van der Waals surface area contributed by atoms with Gasteiger partial charge in [0.15, 0.2) is 0 Å². The zero-order valence-corrected chi connectivity index (χ0v) is 5.99.